The second kappa shape index (κ2) is 9.05. The van der Waals surface area contributed by atoms with E-state index in [2.05, 4.69) is 10.6 Å². The quantitative estimate of drug-likeness (QED) is 0.662. The average Bonchev–Trinajstić information content (AvgIpc) is 2.55. The Bertz CT molecular complexity index is 632. The molecule has 138 valence electrons. The number of halogens is 3. The minimum atomic E-state index is -4.70. The molecule has 25 heavy (non-hydrogen) atoms. The molecule has 1 aromatic rings. The van der Waals surface area contributed by atoms with Gasteiger partial charge in [0, 0.05) is 0 Å². The minimum absolute atomic E-state index is 0.225. The molecule has 0 radical (unpaired) electrons. The third-order valence-electron chi connectivity index (χ3n) is 3.37. The van der Waals surface area contributed by atoms with Gasteiger partial charge >= 0.3 is 12.1 Å². The van der Waals surface area contributed by atoms with Gasteiger partial charge in [-0.2, -0.15) is 13.2 Å². The summed E-state index contributed by atoms with van der Waals surface area (Å²) in [5.74, 6) is -3.07. The molecule has 6 nitrogen and oxygen atoms in total. The maximum atomic E-state index is 12.9. The summed E-state index contributed by atoms with van der Waals surface area (Å²) in [5.41, 5.74) is -1.72. The molecule has 2 amide bonds. The molecule has 1 aromatic carbocycles. The van der Waals surface area contributed by atoms with Gasteiger partial charge in [-0.15, -0.1) is 0 Å². The first kappa shape index (κ1) is 20.5. The van der Waals surface area contributed by atoms with E-state index >= 15 is 0 Å². The number of hydrogen-bond acceptors (Lipinski definition) is 3. The SMILES string of the molecule is CCCCC(NC(=O)CNC(=O)c1ccccc1C(F)(F)F)C(=O)O. The predicted octanol–water partition coefficient (Wildman–Crippen LogP) is 2.19. The summed E-state index contributed by atoms with van der Waals surface area (Å²) in [6.45, 7) is 1.24. The highest BCUT2D eigenvalue weighted by molar-refractivity contribution is 5.98. The number of hydrogen-bond donors (Lipinski definition) is 3. The van der Waals surface area contributed by atoms with Crippen molar-refractivity contribution in [1.29, 1.82) is 0 Å². The Hall–Kier alpha value is -2.58. The van der Waals surface area contributed by atoms with Crippen LogP contribution >= 0.6 is 0 Å². The highest BCUT2D eigenvalue weighted by Crippen LogP contribution is 2.31. The Labute approximate surface area is 142 Å². The summed E-state index contributed by atoms with van der Waals surface area (Å²) in [6, 6.07) is 3.08. The van der Waals surface area contributed by atoms with Crippen molar-refractivity contribution in [3.63, 3.8) is 0 Å². The molecule has 0 bridgehead atoms. The fourth-order valence-corrected chi connectivity index (χ4v) is 2.10. The van der Waals surface area contributed by atoms with E-state index in [1.165, 1.54) is 6.07 Å². The molecule has 1 atom stereocenters. The van der Waals surface area contributed by atoms with Gasteiger partial charge in [-0.1, -0.05) is 31.9 Å². The third kappa shape index (κ3) is 6.44. The van der Waals surface area contributed by atoms with E-state index < -0.39 is 47.7 Å². The Kier molecular flexibility index (Phi) is 7.41. The second-order valence-electron chi connectivity index (χ2n) is 5.33. The van der Waals surface area contributed by atoms with Gasteiger partial charge in [0.25, 0.3) is 5.91 Å². The fraction of sp³-hybridized carbons (Fsp3) is 0.438. The highest BCUT2D eigenvalue weighted by Gasteiger charge is 2.34. The van der Waals surface area contributed by atoms with Gasteiger partial charge in [0.05, 0.1) is 17.7 Å². The first-order valence-corrected chi connectivity index (χ1v) is 7.63. The zero-order valence-corrected chi connectivity index (χ0v) is 13.5. The summed E-state index contributed by atoms with van der Waals surface area (Å²) in [4.78, 5) is 34.7. The molecule has 0 saturated heterocycles. The van der Waals surface area contributed by atoms with E-state index in [4.69, 9.17) is 5.11 Å². The number of carboxylic acids is 1. The van der Waals surface area contributed by atoms with Crippen molar-refractivity contribution in [1.82, 2.24) is 10.6 Å². The normalized spacial score (nSPS) is 12.3. The van der Waals surface area contributed by atoms with E-state index in [-0.39, 0.29) is 6.42 Å². The summed E-state index contributed by atoms with van der Waals surface area (Å²) in [7, 11) is 0. The molecule has 0 aliphatic rings. The van der Waals surface area contributed by atoms with E-state index in [9.17, 15) is 27.6 Å². The summed E-state index contributed by atoms with van der Waals surface area (Å²) < 4.78 is 38.6. The first-order chi connectivity index (χ1) is 11.7. The number of rotatable bonds is 8. The summed E-state index contributed by atoms with van der Waals surface area (Å²) >= 11 is 0. The highest BCUT2D eigenvalue weighted by atomic mass is 19.4. The van der Waals surface area contributed by atoms with Gasteiger partial charge in [-0.25, -0.2) is 4.79 Å². The Balaban J connectivity index is 2.68. The van der Waals surface area contributed by atoms with E-state index in [1.807, 2.05) is 6.92 Å². The number of aliphatic carboxylic acids is 1. The maximum absolute atomic E-state index is 12.9. The fourth-order valence-electron chi connectivity index (χ4n) is 2.10. The average molecular weight is 360 g/mol. The largest absolute Gasteiger partial charge is 0.480 e. The molecule has 3 N–H and O–H groups in total. The second-order valence-corrected chi connectivity index (χ2v) is 5.33. The molecule has 9 heteroatoms. The van der Waals surface area contributed by atoms with Crippen LogP contribution in [0.5, 0.6) is 0 Å². The Morgan fingerprint density at radius 2 is 1.84 bits per heavy atom. The van der Waals surface area contributed by atoms with Crippen molar-refractivity contribution < 1.29 is 32.7 Å². The first-order valence-electron chi connectivity index (χ1n) is 7.63. The molecule has 1 rings (SSSR count). The van der Waals surface area contributed by atoms with Gasteiger partial charge in [0.15, 0.2) is 0 Å². The van der Waals surface area contributed by atoms with Gasteiger partial charge in [-0.05, 0) is 18.6 Å². The van der Waals surface area contributed by atoms with Crippen LogP contribution in [-0.2, 0) is 15.8 Å². The lowest BCUT2D eigenvalue weighted by Gasteiger charge is -2.15. The Morgan fingerprint density at radius 3 is 2.40 bits per heavy atom. The molecular formula is C16H19F3N2O4. The van der Waals surface area contributed by atoms with Gasteiger partial charge in [-0.3, -0.25) is 9.59 Å². The molecule has 0 saturated carbocycles. The predicted molar refractivity (Wildman–Crippen MR) is 82.9 cm³/mol. The monoisotopic (exact) mass is 360 g/mol. The number of nitrogens with one attached hydrogen (secondary N) is 2. The van der Waals surface area contributed by atoms with Crippen molar-refractivity contribution in [3.8, 4) is 0 Å². The van der Waals surface area contributed by atoms with E-state index in [1.54, 1.807) is 0 Å². The number of benzene rings is 1. The number of amides is 2. The zero-order chi connectivity index (χ0) is 19.0. The lowest BCUT2D eigenvalue weighted by atomic mass is 10.1. The molecule has 0 aliphatic heterocycles. The maximum Gasteiger partial charge on any atom is 0.417 e. The van der Waals surface area contributed by atoms with Crippen LogP contribution in [0, 0.1) is 0 Å². The Morgan fingerprint density at radius 1 is 1.20 bits per heavy atom. The van der Waals surface area contributed by atoms with Crippen molar-refractivity contribution in [2.75, 3.05) is 6.54 Å². The number of alkyl halides is 3. The van der Waals surface area contributed by atoms with Crippen molar-refractivity contribution in [2.24, 2.45) is 0 Å². The molecule has 0 fully saturated rings. The lowest BCUT2D eigenvalue weighted by molar-refractivity contribution is -0.142. The van der Waals surface area contributed by atoms with Crippen molar-refractivity contribution >= 4 is 17.8 Å². The van der Waals surface area contributed by atoms with Crippen molar-refractivity contribution in [2.45, 2.75) is 38.4 Å². The van der Waals surface area contributed by atoms with E-state index in [0.717, 1.165) is 24.6 Å². The molecule has 0 aromatic heterocycles. The number of unbranched alkanes of at least 4 members (excludes halogenated alkanes) is 1. The van der Waals surface area contributed by atoms with Crippen LogP contribution in [0.25, 0.3) is 0 Å². The number of carboxylic acid groups (broad SMARTS) is 1. The molecule has 1 unspecified atom stereocenters. The van der Waals surface area contributed by atoms with Crippen LogP contribution in [0.15, 0.2) is 24.3 Å². The number of carbonyl (C=O) groups excluding carboxylic acids is 2. The smallest absolute Gasteiger partial charge is 0.417 e. The zero-order valence-electron chi connectivity index (χ0n) is 13.5. The van der Waals surface area contributed by atoms with Gasteiger partial charge in [0.1, 0.15) is 6.04 Å². The topological polar surface area (TPSA) is 95.5 Å². The van der Waals surface area contributed by atoms with Gasteiger partial charge in [0.2, 0.25) is 5.91 Å². The van der Waals surface area contributed by atoms with Crippen molar-refractivity contribution in [3.05, 3.63) is 35.4 Å². The van der Waals surface area contributed by atoms with Crippen LogP contribution in [0.4, 0.5) is 13.2 Å². The lowest BCUT2D eigenvalue weighted by Crippen LogP contribution is -2.45. The van der Waals surface area contributed by atoms with E-state index in [0.29, 0.717) is 6.42 Å². The summed E-state index contributed by atoms with van der Waals surface area (Å²) in [5, 5.41) is 13.3. The van der Waals surface area contributed by atoms with Crippen LogP contribution in [-0.4, -0.2) is 35.5 Å². The van der Waals surface area contributed by atoms with Crippen LogP contribution in [0.3, 0.4) is 0 Å². The third-order valence-corrected chi connectivity index (χ3v) is 3.37. The molecule has 0 spiro atoms. The standard InChI is InChI=1S/C16H19F3N2O4/c1-2-3-8-12(15(24)25)21-13(22)9-20-14(23)10-6-4-5-7-11(10)16(17,18)19/h4-7,12H,2-3,8-9H2,1H3,(H,20,23)(H,21,22)(H,24,25). The molecular weight excluding hydrogens is 341 g/mol. The number of carbonyl (C=O) groups is 3. The van der Waals surface area contributed by atoms with Crippen LogP contribution in [0.1, 0.15) is 42.1 Å². The van der Waals surface area contributed by atoms with Crippen LogP contribution < -0.4 is 10.6 Å². The minimum Gasteiger partial charge on any atom is -0.480 e. The van der Waals surface area contributed by atoms with Crippen LogP contribution in [0.2, 0.25) is 0 Å². The van der Waals surface area contributed by atoms with Gasteiger partial charge < -0.3 is 15.7 Å². The summed E-state index contributed by atoms with van der Waals surface area (Å²) in [6.07, 6.45) is -3.15. The molecule has 0 aliphatic carbocycles. The molecule has 0 heterocycles.